The standard InChI is InChI=1S/C30H24ClN3O4/c1-2-7-20-8-3-6-11-27(20)38-17-16-33-19-21(24-9-4-5-10-26(24)33)18-25-28(35)32-30(37)34(29(25)36)23-14-12-22(31)13-15-23/h2-6,8-15,18-19H,1,7,16-17H2,(H,32,35,37). The number of benzene rings is 3. The number of nitrogens with one attached hydrogen (secondary N) is 1. The quantitative estimate of drug-likeness (QED) is 0.180. The average Bonchev–Trinajstić information content (AvgIpc) is 3.26. The summed E-state index contributed by atoms with van der Waals surface area (Å²) < 4.78 is 8.08. The van der Waals surface area contributed by atoms with Crippen LogP contribution in [-0.4, -0.2) is 29.0 Å². The van der Waals surface area contributed by atoms with E-state index in [0.717, 1.165) is 27.1 Å². The molecule has 8 heteroatoms. The van der Waals surface area contributed by atoms with Gasteiger partial charge in [-0.05, 0) is 54.5 Å². The van der Waals surface area contributed by atoms with Crippen molar-refractivity contribution in [3.63, 3.8) is 0 Å². The molecule has 0 bridgehead atoms. The molecule has 4 amide bonds. The number of aromatic nitrogens is 1. The molecule has 1 saturated heterocycles. The summed E-state index contributed by atoms with van der Waals surface area (Å²) in [6.07, 6.45) is 5.95. The fourth-order valence-electron chi connectivity index (χ4n) is 4.44. The number of imide groups is 2. The molecule has 3 aromatic carbocycles. The van der Waals surface area contributed by atoms with E-state index >= 15 is 0 Å². The molecule has 4 aromatic rings. The maximum atomic E-state index is 13.3. The molecule has 0 aliphatic carbocycles. The van der Waals surface area contributed by atoms with Crippen LogP contribution in [0.2, 0.25) is 5.02 Å². The lowest BCUT2D eigenvalue weighted by atomic mass is 10.1. The Morgan fingerprint density at radius 2 is 1.68 bits per heavy atom. The molecular formula is C30H24ClN3O4. The summed E-state index contributed by atoms with van der Waals surface area (Å²) in [4.78, 5) is 39.4. The van der Waals surface area contributed by atoms with Crippen molar-refractivity contribution in [3.05, 3.63) is 113 Å². The minimum absolute atomic E-state index is 0.142. The summed E-state index contributed by atoms with van der Waals surface area (Å²) in [5, 5.41) is 3.59. The molecule has 0 unspecified atom stereocenters. The third kappa shape index (κ3) is 4.96. The minimum Gasteiger partial charge on any atom is -0.491 e. The van der Waals surface area contributed by atoms with Crippen LogP contribution >= 0.6 is 11.6 Å². The summed E-state index contributed by atoms with van der Waals surface area (Å²) >= 11 is 5.95. The molecule has 7 nitrogen and oxygen atoms in total. The molecule has 0 spiro atoms. The number of hydrogen-bond donors (Lipinski definition) is 1. The summed E-state index contributed by atoms with van der Waals surface area (Å²) in [6, 6.07) is 21.0. The fraction of sp³-hybridized carbons (Fsp3) is 0.100. The Kier molecular flexibility index (Phi) is 7.11. The zero-order valence-electron chi connectivity index (χ0n) is 20.4. The van der Waals surface area contributed by atoms with Crippen molar-refractivity contribution in [2.75, 3.05) is 11.5 Å². The molecule has 1 aromatic heterocycles. The van der Waals surface area contributed by atoms with Crippen LogP contribution in [-0.2, 0) is 22.6 Å². The molecule has 0 saturated carbocycles. The summed E-state index contributed by atoms with van der Waals surface area (Å²) in [7, 11) is 0. The molecule has 0 atom stereocenters. The van der Waals surface area contributed by atoms with Gasteiger partial charge in [0, 0.05) is 27.7 Å². The molecule has 0 radical (unpaired) electrons. The van der Waals surface area contributed by atoms with Gasteiger partial charge in [-0.2, -0.15) is 0 Å². The number of para-hydroxylation sites is 2. The Bertz CT molecular complexity index is 1590. The second-order valence-electron chi connectivity index (χ2n) is 8.68. The first-order chi connectivity index (χ1) is 18.5. The number of carbonyl (C=O) groups is 3. The number of urea groups is 1. The first-order valence-corrected chi connectivity index (χ1v) is 12.4. The van der Waals surface area contributed by atoms with E-state index in [-0.39, 0.29) is 5.57 Å². The highest BCUT2D eigenvalue weighted by Crippen LogP contribution is 2.27. The van der Waals surface area contributed by atoms with E-state index in [1.165, 1.54) is 6.08 Å². The third-order valence-electron chi connectivity index (χ3n) is 6.23. The van der Waals surface area contributed by atoms with Gasteiger partial charge in [0.1, 0.15) is 17.9 Å². The smallest absolute Gasteiger partial charge is 0.335 e. The number of nitrogens with zero attached hydrogens (tertiary/aromatic N) is 2. The Hall–Kier alpha value is -4.62. The normalized spacial score (nSPS) is 14.7. The first-order valence-electron chi connectivity index (χ1n) is 12.0. The number of anilines is 1. The van der Waals surface area contributed by atoms with Gasteiger partial charge in [0.2, 0.25) is 0 Å². The van der Waals surface area contributed by atoms with Crippen molar-refractivity contribution in [2.45, 2.75) is 13.0 Å². The number of rotatable bonds is 8. The van der Waals surface area contributed by atoms with Crippen molar-refractivity contribution in [3.8, 4) is 5.75 Å². The summed E-state index contributed by atoms with van der Waals surface area (Å²) in [5.74, 6) is -0.646. The van der Waals surface area contributed by atoms with Crippen LogP contribution in [0.1, 0.15) is 11.1 Å². The fourth-order valence-corrected chi connectivity index (χ4v) is 4.56. The van der Waals surface area contributed by atoms with Crippen molar-refractivity contribution in [1.29, 1.82) is 0 Å². The Labute approximate surface area is 224 Å². The number of allylic oxidation sites excluding steroid dienone is 1. The predicted molar refractivity (Wildman–Crippen MR) is 148 cm³/mol. The van der Waals surface area contributed by atoms with Crippen LogP contribution in [0.4, 0.5) is 10.5 Å². The third-order valence-corrected chi connectivity index (χ3v) is 6.48. The number of barbiturate groups is 1. The van der Waals surface area contributed by atoms with Gasteiger partial charge in [0.25, 0.3) is 11.8 Å². The van der Waals surface area contributed by atoms with Gasteiger partial charge in [-0.25, -0.2) is 9.69 Å². The minimum atomic E-state index is -0.809. The Morgan fingerprint density at radius 3 is 2.47 bits per heavy atom. The molecule has 1 aliphatic rings. The number of amides is 4. The lowest BCUT2D eigenvalue weighted by molar-refractivity contribution is -0.122. The van der Waals surface area contributed by atoms with Crippen LogP contribution in [0.15, 0.2) is 97.2 Å². The van der Waals surface area contributed by atoms with Crippen LogP contribution in [0, 0.1) is 0 Å². The zero-order valence-corrected chi connectivity index (χ0v) is 21.1. The van der Waals surface area contributed by atoms with Crippen LogP contribution in [0.5, 0.6) is 5.75 Å². The Morgan fingerprint density at radius 1 is 0.947 bits per heavy atom. The Balaban J connectivity index is 1.43. The van der Waals surface area contributed by atoms with E-state index in [9.17, 15) is 14.4 Å². The van der Waals surface area contributed by atoms with Gasteiger partial charge in [0.05, 0.1) is 12.2 Å². The van der Waals surface area contributed by atoms with Crippen molar-refractivity contribution in [1.82, 2.24) is 9.88 Å². The first kappa shape index (κ1) is 25.0. The number of ether oxygens (including phenoxy) is 1. The van der Waals surface area contributed by atoms with E-state index in [1.807, 2.05) is 65.4 Å². The predicted octanol–water partition coefficient (Wildman–Crippen LogP) is 5.77. The molecule has 1 fully saturated rings. The average molecular weight is 526 g/mol. The lowest BCUT2D eigenvalue weighted by Crippen LogP contribution is -2.54. The van der Waals surface area contributed by atoms with E-state index in [4.69, 9.17) is 16.3 Å². The van der Waals surface area contributed by atoms with Crippen LogP contribution in [0.25, 0.3) is 17.0 Å². The van der Waals surface area contributed by atoms with E-state index in [2.05, 4.69) is 11.9 Å². The summed E-state index contributed by atoms with van der Waals surface area (Å²) in [6.45, 7) is 4.77. The molecule has 1 N–H and O–H groups in total. The second kappa shape index (κ2) is 10.8. The second-order valence-corrected chi connectivity index (χ2v) is 9.11. The van der Waals surface area contributed by atoms with Gasteiger partial charge in [0.15, 0.2) is 0 Å². The van der Waals surface area contributed by atoms with E-state index in [0.29, 0.717) is 35.8 Å². The van der Waals surface area contributed by atoms with Crippen LogP contribution < -0.4 is 15.0 Å². The van der Waals surface area contributed by atoms with E-state index < -0.39 is 17.8 Å². The number of fused-ring (bicyclic) bond motifs is 1. The molecule has 190 valence electrons. The summed E-state index contributed by atoms with van der Waals surface area (Å²) in [5.41, 5.74) is 2.84. The van der Waals surface area contributed by atoms with Crippen molar-refractivity contribution < 1.29 is 19.1 Å². The molecular weight excluding hydrogens is 502 g/mol. The molecule has 1 aliphatic heterocycles. The van der Waals surface area contributed by atoms with Gasteiger partial charge in [-0.15, -0.1) is 6.58 Å². The van der Waals surface area contributed by atoms with Gasteiger partial charge >= 0.3 is 6.03 Å². The zero-order chi connectivity index (χ0) is 26.6. The molecule has 38 heavy (non-hydrogen) atoms. The number of halogens is 1. The molecule has 5 rings (SSSR count). The van der Waals surface area contributed by atoms with Crippen molar-refractivity contribution >= 4 is 52.1 Å². The monoisotopic (exact) mass is 525 g/mol. The maximum Gasteiger partial charge on any atom is 0.335 e. The number of hydrogen-bond acceptors (Lipinski definition) is 4. The van der Waals surface area contributed by atoms with Crippen molar-refractivity contribution in [2.24, 2.45) is 0 Å². The van der Waals surface area contributed by atoms with Gasteiger partial charge in [-0.1, -0.05) is 54.1 Å². The topological polar surface area (TPSA) is 80.6 Å². The number of carbonyl (C=O) groups excluding carboxylic acids is 3. The highest BCUT2D eigenvalue weighted by molar-refractivity contribution is 6.39. The molecule has 2 heterocycles. The van der Waals surface area contributed by atoms with Gasteiger partial charge < -0.3 is 9.30 Å². The highest BCUT2D eigenvalue weighted by Gasteiger charge is 2.37. The van der Waals surface area contributed by atoms with E-state index in [1.54, 1.807) is 24.3 Å². The highest BCUT2D eigenvalue weighted by atomic mass is 35.5. The maximum absolute atomic E-state index is 13.3. The van der Waals surface area contributed by atoms with Gasteiger partial charge in [-0.3, -0.25) is 14.9 Å². The lowest BCUT2D eigenvalue weighted by Gasteiger charge is -2.26. The van der Waals surface area contributed by atoms with Crippen LogP contribution in [0.3, 0.4) is 0 Å². The largest absolute Gasteiger partial charge is 0.491 e. The SMILES string of the molecule is C=CCc1ccccc1OCCn1cc(C=C2C(=O)NC(=O)N(c3ccc(Cl)cc3)C2=O)c2ccccc21.